The number of hydrogen-bond donors (Lipinski definition) is 1. The van der Waals surface area contributed by atoms with Gasteiger partial charge in [-0.1, -0.05) is 30.3 Å². The maximum atomic E-state index is 12.8. The van der Waals surface area contributed by atoms with Crippen LogP contribution in [0, 0.1) is 0 Å². The van der Waals surface area contributed by atoms with Gasteiger partial charge in [-0.05, 0) is 55.5 Å². The molecule has 0 fully saturated rings. The van der Waals surface area contributed by atoms with E-state index in [2.05, 4.69) is 5.32 Å². The Morgan fingerprint density at radius 2 is 1.89 bits per heavy atom. The lowest BCUT2D eigenvalue weighted by atomic mass is 9.87. The van der Waals surface area contributed by atoms with Crippen LogP contribution in [0.2, 0.25) is 0 Å². The predicted octanol–water partition coefficient (Wildman–Crippen LogP) is 4.44. The smallest absolute Gasteiger partial charge is 0.416 e. The highest BCUT2D eigenvalue weighted by Gasteiger charge is 2.31. The normalized spacial score (nSPS) is 17.4. The Morgan fingerprint density at radius 1 is 1.14 bits per heavy atom. The molecule has 1 N–H and O–H groups in total. The molecule has 0 saturated carbocycles. The Morgan fingerprint density at radius 3 is 2.64 bits per heavy atom. The second kappa shape index (κ2) is 8.04. The standard InChI is InChI=1S/C21H20F3NO3/c1-13(28-20(27)15-8-4-9-16(12-15)21(22,23)24)19(26)25-18-11-5-7-14-6-2-3-10-17(14)18/h2-4,6,8-10,12-13,18H,5,7,11H2,1H3,(H,25,26)/t13-,18-/m0/s1. The molecule has 148 valence electrons. The summed E-state index contributed by atoms with van der Waals surface area (Å²) in [7, 11) is 0. The number of aryl methyl sites for hydroxylation is 1. The Bertz CT molecular complexity index is 879. The third kappa shape index (κ3) is 4.52. The second-order valence-electron chi connectivity index (χ2n) is 6.78. The molecule has 0 spiro atoms. The van der Waals surface area contributed by atoms with Crippen LogP contribution in [-0.4, -0.2) is 18.0 Å². The molecule has 2 aromatic carbocycles. The highest BCUT2D eigenvalue weighted by Crippen LogP contribution is 2.30. The molecule has 1 aliphatic carbocycles. The molecule has 1 amide bonds. The molecule has 1 aliphatic rings. The van der Waals surface area contributed by atoms with Gasteiger partial charge in [0, 0.05) is 0 Å². The summed E-state index contributed by atoms with van der Waals surface area (Å²) in [5, 5.41) is 2.87. The summed E-state index contributed by atoms with van der Waals surface area (Å²) in [4.78, 5) is 24.6. The van der Waals surface area contributed by atoms with E-state index in [1.165, 1.54) is 18.6 Å². The van der Waals surface area contributed by atoms with Crippen molar-refractivity contribution < 1.29 is 27.5 Å². The van der Waals surface area contributed by atoms with Gasteiger partial charge in [-0.15, -0.1) is 0 Å². The SMILES string of the molecule is C[C@H](OC(=O)c1cccc(C(F)(F)F)c1)C(=O)N[C@H]1CCCc2ccccc21. The number of carbonyl (C=O) groups excluding carboxylic acids is 2. The number of benzene rings is 2. The van der Waals surface area contributed by atoms with Crippen molar-refractivity contribution in [1.29, 1.82) is 0 Å². The molecule has 0 radical (unpaired) electrons. The van der Waals surface area contributed by atoms with E-state index >= 15 is 0 Å². The van der Waals surface area contributed by atoms with Crippen LogP contribution in [0.5, 0.6) is 0 Å². The van der Waals surface area contributed by atoms with E-state index in [4.69, 9.17) is 4.74 Å². The van der Waals surface area contributed by atoms with Gasteiger partial charge in [-0.2, -0.15) is 13.2 Å². The Kier molecular flexibility index (Phi) is 5.72. The van der Waals surface area contributed by atoms with Crippen LogP contribution in [0.4, 0.5) is 13.2 Å². The average Bonchev–Trinajstić information content (AvgIpc) is 2.67. The average molecular weight is 391 g/mol. The summed E-state index contributed by atoms with van der Waals surface area (Å²) in [5.41, 5.74) is 1.02. The molecule has 28 heavy (non-hydrogen) atoms. The van der Waals surface area contributed by atoms with Crippen LogP contribution in [-0.2, 0) is 22.1 Å². The fraction of sp³-hybridized carbons (Fsp3) is 0.333. The summed E-state index contributed by atoms with van der Waals surface area (Å²) in [6.45, 7) is 1.40. The number of halogens is 3. The van der Waals surface area contributed by atoms with Crippen molar-refractivity contribution in [2.75, 3.05) is 0 Å². The maximum absolute atomic E-state index is 12.8. The van der Waals surface area contributed by atoms with Crippen LogP contribution >= 0.6 is 0 Å². The lowest BCUT2D eigenvalue weighted by Crippen LogP contribution is -2.39. The molecule has 0 aromatic heterocycles. The van der Waals surface area contributed by atoms with Crippen molar-refractivity contribution in [3.63, 3.8) is 0 Å². The number of ether oxygens (including phenoxy) is 1. The second-order valence-corrected chi connectivity index (χ2v) is 6.78. The third-order valence-electron chi connectivity index (χ3n) is 4.76. The van der Waals surface area contributed by atoms with Gasteiger partial charge in [-0.3, -0.25) is 4.79 Å². The van der Waals surface area contributed by atoms with Gasteiger partial charge in [0.05, 0.1) is 17.2 Å². The van der Waals surface area contributed by atoms with Gasteiger partial charge in [0.2, 0.25) is 0 Å². The first kappa shape index (κ1) is 19.9. The van der Waals surface area contributed by atoms with Gasteiger partial charge in [0.15, 0.2) is 6.10 Å². The number of alkyl halides is 3. The maximum Gasteiger partial charge on any atom is 0.416 e. The largest absolute Gasteiger partial charge is 0.449 e. The monoisotopic (exact) mass is 391 g/mol. The molecular weight excluding hydrogens is 371 g/mol. The van der Waals surface area contributed by atoms with Crippen molar-refractivity contribution in [3.05, 3.63) is 70.8 Å². The Hall–Kier alpha value is -2.83. The minimum absolute atomic E-state index is 0.174. The van der Waals surface area contributed by atoms with Crippen LogP contribution in [0.25, 0.3) is 0 Å². The van der Waals surface area contributed by atoms with E-state index < -0.39 is 29.7 Å². The highest BCUT2D eigenvalue weighted by molar-refractivity contribution is 5.92. The zero-order valence-corrected chi connectivity index (χ0v) is 15.3. The van der Waals surface area contributed by atoms with Crippen molar-refractivity contribution in [3.8, 4) is 0 Å². The van der Waals surface area contributed by atoms with Crippen molar-refractivity contribution in [1.82, 2.24) is 5.32 Å². The minimum atomic E-state index is -4.56. The molecule has 0 saturated heterocycles. The van der Waals surface area contributed by atoms with E-state index in [1.54, 1.807) is 0 Å². The highest BCUT2D eigenvalue weighted by atomic mass is 19.4. The van der Waals surface area contributed by atoms with E-state index in [1.807, 2.05) is 24.3 Å². The topological polar surface area (TPSA) is 55.4 Å². The van der Waals surface area contributed by atoms with Gasteiger partial charge >= 0.3 is 12.1 Å². The summed E-state index contributed by atoms with van der Waals surface area (Å²) in [5.74, 6) is -1.46. The molecule has 4 nitrogen and oxygen atoms in total. The molecular formula is C21H20F3NO3. The molecule has 0 unspecified atom stereocenters. The summed E-state index contributed by atoms with van der Waals surface area (Å²) < 4.78 is 43.4. The van der Waals surface area contributed by atoms with Crippen LogP contribution in [0.15, 0.2) is 48.5 Å². The molecule has 7 heteroatoms. The van der Waals surface area contributed by atoms with E-state index in [0.29, 0.717) is 6.07 Å². The minimum Gasteiger partial charge on any atom is -0.449 e. The zero-order valence-electron chi connectivity index (χ0n) is 15.3. The van der Waals surface area contributed by atoms with Crippen LogP contribution < -0.4 is 5.32 Å². The molecule has 2 aromatic rings. The first-order valence-corrected chi connectivity index (χ1v) is 9.02. The number of esters is 1. The first-order chi connectivity index (χ1) is 13.3. The third-order valence-corrected chi connectivity index (χ3v) is 4.76. The van der Waals surface area contributed by atoms with Gasteiger partial charge in [0.25, 0.3) is 5.91 Å². The number of carbonyl (C=O) groups is 2. The van der Waals surface area contributed by atoms with Crippen LogP contribution in [0.1, 0.15) is 52.9 Å². The van der Waals surface area contributed by atoms with Crippen molar-refractivity contribution in [2.24, 2.45) is 0 Å². The Labute approximate surface area is 160 Å². The quantitative estimate of drug-likeness (QED) is 0.784. The van der Waals surface area contributed by atoms with E-state index in [0.717, 1.165) is 37.0 Å². The number of rotatable bonds is 4. The van der Waals surface area contributed by atoms with Crippen molar-refractivity contribution in [2.45, 2.75) is 44.5 Å². The molecule has 0 heterocycles. The number of hydrogen-bond acceptors (Lipinski definition) is 3. The molecule has 2 atom stereocenters. The Balaban J connectivity index is 1.64. The van der Waals surface area contributed by atoms with Crippen LogP contribution in [0.3, 0.4) is 0 Å². The van der Waals surface area contributed by atoms with Gasteiger partial charge < -0.3 is 10.1 Å². The molecule has 3 rings (SSSR count). The molecule has 0 bridgehead atoms. The van der Waals surface area contributed by atoms with E-state index in [-0.39, 0.29) is 11.6 Å². The van der Waals surface area contributed by atoms with Gasteiger partial charge in [0.1, 0.15) is 0 Å². The summed E-state index contributed by atoms with van der Waals surface area (Å²) in [6.07, 6.45) is -3.04. The number of nitrogens with one attached hydrogen (secondary N) is 1. The molecule has 0 aliphatic heterocycles. The summed E-state index contributed by atoms with van der Waals surface area (Å²) >= 11 is 0. The van der Waals surface area contributed by atoms with Gasteiger partial charge in [-0.25, -0.2) is 4.79 Å². The lowest BCUT2D eigenvalue weighted by molar-refractivity contribution is -0.137. The fourth-order valence-electron chi connectivity index (χ4n) is 3.30. The predicted molar refractivity (Wildman–Crippen MR) is 96.6 cm³/mol. The van der Waals surface area contributed by atoms with E-state index in [9.17, 15) is 22.8 Å². The first-order valence-electron chi connectivity index (χ1n) is 9.02. The lowest BCUT2D eigenvalue weighted by Gasteiger charge is -2.27. The number of fused-ring (bicyclic) bond motifs is 1. The fourth-order valence-corrected chi connectivity index (χ4v) is 3.30. The van der Waals surface area contributed by atoms with Crippen molar-refractivity contribution >= 4 is 11.9 Å². The zero-order chi connectivity index (χ0) is 20.3. The summed E-state index contributed by atoms with van der Waals surface area (Å²) in [6, 6.07) is 11.6. The number of amides is 1.